The molecule has 0 atom stereocenters. The molecule has 0 bridgehead atoms. The summed E-state index contributed by atoms with van der Waals surface area (Å²) in [6, 6.07) is 7.56. The Morgan fingerprint density at radius 3 is 2.71 bits per heavy atom. The molecular formula is C12H7BrN2O4S2. The van der Waals surface area contributed by atoms with Crippen LogP contribution in [-0.4, -0.2) is 19.5 Å². The van der Waals surface area contributed by atoms with E-state index in [4.69, 9.17) is 10.4 Å². The summed E-state index contributed by atoms with van der Waals surface area (Å²) in [6.45, 7) is 0. The first kappa shape index (κ1) is 15.5. The van der Waals surface area contributed by atoms with Crippen LogP contribution in [0.2, 0.25) is 0 Å². The highest BCUT2D eigenvalue weighted by Crippen LogP contribution is 2.27. The molecule has 0 aliphatic heterocycles. The number of thiophene rings is 1. The number of halogens is 1. The number of rotatable bonds is 4. The number of aromatic carboxylic acids is 1. The van der Waals surface area contributed by atoms with E-state index in [9.17, 15) is 13.2 Å². The molecule has 0 aliphatic carbocycles. The van der Waals surface area contributed by atoms with Crippen molar-refractivity contribution in [1.29, 1.82) is 5.26 Å². The lowest BCUT2D eigenvalue weighted by Crippen LogP contribution is -2.16. The van der Waals surface area contributed by atoms with Crippen molar-refractivity contribution in [2.45, 2.75) is 4.90 Å². The molecule has 1 aromatic heterocycles. The number of nitriles is 1. The second-order valence-corrected chi connectivity index (χ2v) is 7.31. The topological polar surface area (TPSA) is 107 Å². The van der Waals surface area contributed by atoms with Crippen LogP contribution in [0.3, 0.4) is 0 Å². The molecule has 1 aromatic carbocycles. The van der Waals surface area contributed by atoms with Crippen LogP contribution in [0, 0.1) is 11.3 Å². The number of anilines is 1. The molecule has 0 fully saturated rings. The third kappa shape index (κ3) is 3.24. The fourth-order valence-electron chi connectivity index (χ4n) is 1.56. The summed E-state index contributed by atoms with van der Waals surface area (Å²) in [5, 5.41) is 19.4. The van der Waals surface area contributed by atoms with E-state index in [1.807, 2.05) is 6.07 Å². The summed E-state index contributed by atoms with van der Waals surface area (Å²) < 4.78 is 27.4. The molecule has 0 unspecified atom stereocenters. The molecule has 21 heavy (non-hydrogen) atoms. The van der Waals surface area contributed by atoms with Crippen LogP contribution in [0.5, 0.6) is 0 Å². The van der Waals surface area contributed by atoms with Gasteiger partial charge >= 0.3 is 5.97 Å². The van der Waals surface area contributed by atoms with Crippen molar-refractivity contribution in [3.63, 3.8) is 0 Å². The van der Waals surface area contributed by atoms with Crippen molar-refractivity contribution in [3.05, 3.63) is 44.6 Å². The first-order valence-corrected chi connectivity index (χ1v) is 8.54. The van der Waals surface area contributed by atoms with Gasteiger partial charge in [0.15, 0.2) is 0 Å². The minimum atomic E-state index is -4.09. The smallest absolute Gasteiger partial charge is 0.347 e. The maximum Gasteiger partial charge on any atom is 0.347 e. The third-order valence-electron chi connectivity index (χ3n) is 2.46. The Morgan fingerprint density at radius 1 is 1.38 bits per heavy atom. The van der Waals surface area contributed by atoms with Crippen molar-refractivity contribution < 1.29 is 18.3 Å². The summed E-state index contributed by atoms with van der Waals surface area (Å²) in [5.74, 6) is -1.32. The lowest BCUT2D eigenvalue weighted by atomic mass is 10.2. The second-order valence-electron chi connectivity index (χ2n) is 3.83. The Balaban J connectivity index is 2.48. The molecule has 0 radical (unpaired) electrons. The van der Waals surface area contributed by atoms with E-state index in [2.05, 4.69) is 20.7 Å². The quantitative estimate of drug-likeness (QED) is 0.839. The first-order valence-electron chi connectivity index (χ1n) is 5.38. The molecule has 0 saturated carbocycles. The highest BCUT2D eigenvalue weighted by atomic mass is 79.9. The minimum Gasteiger partial charge on any atom is -0.477 e. The minimum absolute atomic E-state index is 0.0782. The molecule has 2 aromatic rings. The normalized spacial score (nSPS) is 10.9. The van der Waals surface area contributed by atoms with Gasteiger partial charge in [-0.1, -0.05) is 15.9 Å². The van der Waals surface area contributed by atoms with Crippen LogP contribution in [-0.2, 0) is 10.0 Å². The van der Waals surface area contributed by atoms with Gasteiger partial charge in [0, 0.05) is 4.47 Å². The number of nitrogens with zero attached hydrogens (tertiary/aromatic N) is 1. The molecular weight excluding hydrogens is 380 g/mol. The van der Waals surface area contributed by atoms with E-state index in [0.717, 1.165) is 11.3 Å². The molecule has 2 N–H and O–H groups in total. The van der Waals surface area contributed by atoms with Crippen LogP contribution >= 0.6 is 27.3 Å². The molecule has 6 nitrogen and oxygen atoms in total. The van der Waals surface area contributed by atoms with Crippen molar-refractivity contribution in [2.75, 3.05) is 4.72 Å². The molecule has 0 spiro atoms. The zero-order valence-corrected chi connectivity index (χ0v) is 13.4. The number of hydrogen-bond acceptors (Lipinski definition) is 5. The first-order chi connectivity index (χ1) is 9.85. The maximum atomic E-state index is 12.3. The summed E-state index contributed by atoms with van der Waals surface area (Å²) in [6.07, 6.45) is 0. The Bertz CT molecular complexity index is 852. The van der Waals surface area contributed by atoms with Crippen molar-refractivity contribution in [1.82, 2.24) is 0 Å². The van der Waals surface area contributed by atoms with Gasteiger partial charge in [-0.05, 0) is 29.6 Å². The highest BCUT2D eigenvalue weighted by Gasteiger charge is 2.24. The average molecular weight is 387 g/mol. The molecule has 1 heterocycles. The van der Waals surface area contributed by atoms with E-state index >= 15 is 0 Å². The van der Waals surface area contributed by atoms with E-state index in [1.165, 1.54) is 23.6 Å². The molecule has 2 rings (SSSR count). The number of carboxylic acids is 1. The summed E-state index contributed by atoms with van der Waals surface area (Å²) >= 11 is 4.00. The van der Waals surface area contributed by atoms with Crippen LogP contribution < -0.4 is 4.72 Å². The van der Waals surface area contributed by atoms with Gasteiger partial charge in [0.25, 0.3) is 10.0 Å². The monoisotopic (exact) mass is 386 g/mol. The van der Waals surface area contributed by atoms with Crippen molar-refractivity contribution >= 4 is 48.9 Å². The number of benzene rings is 1. The number of sulfonamides is 1. The van der Waals surface area contributed by atoms with E-state index < -0.39 is 16.0 Å². The van der Waals surface area contributed by atoms with E-state index in [0.29, 0.717) is 4.47 Å². The molecule has 108 valence electrons. The third-order valence-corrected chi connectivity index (χ3v) is 5.39. The van der Waals surface area contributed by atoms with Gasteiger partial charge in [0.1, 0.15) is 15.8 Å². The van der Waals surface area contributed by atoms with E-state index in [1.54, 1.807) is 6.07 Å². The Labute approximate surface area is 132 Å². The maximum absolute atomic E-state index is 12.3. The second kappa shape index (κ2) is 5.85. The van der Waals surface area contributed by atoms with Gasteiger partial charge in [-0.25, -0.2) is 13.2 Å². The predicted octanol–water partition coefficient (Wildman–Crippen LogP) is 2.88. The van der Waals surface area contributed by atoms with Gasteiger partial charge < -0.3 is 5.11 Å². The summed E-state index contributed by atoms with van der Waals surface area (Å²) in [7, 11) is -4.09. The Hall–Kier alpha value is -1.89. The Morgan fingerprint density at radius 2 is 2.10 bits per heavy atom. The summed E-state index contributed by atoms with van der Waals surface area (Å²) in [4.78, 5) is 10.4. The number of nitrogens with one attached hydrogen (secondary N) is 1. The number of hydrogen-bond donors (Lipinski definition) is 2. The lowest BCUT2D eigenvalue weighted by Gasteiger charge is -2.09. The number of carbonyl (C=O) groups is 1. The largest absolute Gasteiger partial charge is 0.477 e. The fraction of sp³-hybridized carbons (Fsp3) is 0. The van der Waals surface area contributed by atoms with Gasteiger partial charge in [-0.3, -0.25) is 4.72 Å². The average Bonchev–Trinajstić information content (AvgIpc) is 2.88. The fourth-order valence-corrected chi connectivity index (χ4v) is 4.26. The van der Waals surface area contributed by atoms with Crippen LogP contribution in [0.4, 0.5) is 5.69 Å². The van der Waals surface area contributed by atoms with Gasteiger partial charge in [0.05, 0.1) is 11.3 Å². The standard InChI is InChI=1S/C12H7BrN2O4S2/c13-8-2-1-7(6-14)9(5-8)15-21(18,19)10-3-4-20-11(10)12(16)17/h1-5,15H,(H,16,17). The van der Waals surface area contributed by atoms with Crippen LogP contribution in [0.15, 0.2) is 39.0 Å². The van der Waals surface area contributed by atoms with E-state index in [-0.39, 0.29) is 21.0 Å². The Kier molecular flexibility index (Phi) is 4.32. The van der Waals surface area contributed by atoms with Crippen molar-refractivity contribution in [2.24, 2.45) is 0 Å². The molecule has 0 amide bonds. The van der Waals surface area contributed by atoms with Gasteiger partial charge in [0.2, 0.25) is 0 Å². The zero-order valence-electron chi connectivity index (χ0n) is 10.2. The van der Waals surface area contributed by atoms with Crippen LogP contribution in [0.25, 0.3) is 0 Å². The lowest BCUT2D eigenvalue weighted by molar-refractivity contribution is 0.0698. The summed E-state index contributed by atoms with van der Waals surface area (Å²) in [5.41, 5.74) is 0.211. The molecule has 0 saturated heterocycles. The van der Waals surface area contributed by atoms with Gasteiger partial charge in [-0.15, -0.1) is 11.3 Å². The van der Waals surface area contributed by atoms with Gasteiger partial charge in [-0.2, -0.15) is 5.26 Å². The highest BCUT2D eigenvalue weighted by molar-refractivity contribution is 9.10. The SMILES string of the molecule is N#Cc1ccc(Br)cc1NS(=O)(=O)c1ccsc1C(=O)O. The number of carboxylic acid groups (broad SMARTS) is 1. The zero-order chi connectivity index (χ0) is 15.6. The predicted molar refractivity (Wildman–Crippen MR) is 80.9 cm³/mol. The molecule has 9 heteroatoms. The molecule has 0 aliphatic rings. The van der Waals surface area contributed by atoms with Crippen molar-refractivity contribution in [3.8, 4) is 6.07 Å². The van der Waals surface area contributed by atoms with Crippen LogP contribution in [0.1, 0.15) is 15.2 Å².